The van der Waals surface area contributed by atoms with E-state index in [0.29, 0.717) is 0 Å². The van der Waals surface area contributed by atoms with E-state index in [9.17, 15) is 0 Å². The Morgan fingerprint density at radius 2 is 0.945 bits per heavy atom. The van der Waals surface area contributed by atoms with Crippen LogP contribution in [0.1, 0.15) is 47.2 Å². The first-order valence-corrected chi connectivity index (χ1v) is 20.8. The molecule has 2 nitrogen and oxygen atoms in total. The highest BCUT2D eigenvalue weighted by Gasteiger charge is 2.52. The molecule has 0 saturated heterocycles. The standard InChI is InChI=1S/C52H38NOP/c1-51(2)42-22-10-11-23-43(42)52(45-24-12-14-27-49(45)53-48-26-13-9-20-40(48)41-21-15-25-46(52)50(41)53)44-33-30-36(34-47(44)51)35-28-31-39(32-29-35)55(54,37-16-5-3-6-17-37)38-18-7-4-8-19-38/h3-34H,1-2H3. The molecule has 2 aliphatic rings. The van der Waals surface area contributed by atoms with E-state index in [1.165, 1.54) is 60.9 Å². The van der Waals surface area contributed by atoms with Crippen LogP contribution in [0.5, 0.6) is 0 Å². The molecule has 3 heteroatoms. The number of benzene rings is 8. The topological polar surface area (TPSA) is 22.0 Å². The van der Waals surface area contributed by atoms with Gasteiger partial charge in [-0.2, -0.15) is 0 Å². The van der Waals surface area contributed by atoms with Gasteiger partial charge in [-0.25, -0.2) is 0 Å². The minimum absolute atomic E-state index is 0.267. The molecule has 0 radical (unpaired) electrons. The lowest BCUT2D eigenvalue weighted by molar-refractivity contribution is 0.556. The zero-order valence-electron chi connectivity index (χ0n) is 30.8. The molecule has 1 aliphatic carbocycles. The molecule has 262 valence electrons. The van der Waals surface area contributed by atoms with Crippen LogP contribution in [-0.4, -0.2) is 4.57 Å². The average Bonchev–Trinajstić information content (AvgIpc) is 3.59. The van der Waals surface area contributed by atoms with E-state index in [-0.39, 0.29) is 5.41 Å². The normalized spacial score (nSPS) is 16.5. The van der Waals surface area contributed by atoms with Gasteiger partial charge in [0.25, 0.3) is 0 Å². The van der Waals surface area contributed by atoms with Gasteiger partial charge in [0.05, 0.1) is 22.1 Å². The third kappa shape index (κ3) is 4.24. The van der Waals surface area contributed by atoms with Crippen LogP contribution < -0.4 is 15.9 Å². The third-order valence-corrected chi connectivity index (χ3v) is 15.6. The summed E-state index contributed by atoms with van der Waals surface area (Å²) in [5, 5.41) is 5.08. The van der Waals surface area contributed by atoms with Crippen LogP contribution in [0, 0.1) is 0 Å². The second-order valence-electron chi connectivity index (χ2n) is 15.6. The fourth-order valence-corrected chi connectivity index (χ4v) is 12.7. The SMILES string of the molecule is CC1(C)c2ccccc2C2(c3ccccc3-n3c4ccccc4c4cccc2c43)c2ccc(-c3ccc(P(=O)(c4ccccc4)c4ccccc4)cc3)cc21. The summed E-state index contributed by atoms with van der Waals surface area (Å²) in [6.07, 6.45) is 0. The number of fused-ring (bicyclic) bond motifs is 11. The minimum atomic E-state index is -3.08. The van der Waals surface area contributed by atoms with E-state index in [2.05, 4.69) is 152 Å². The average molecular weight is 724 g/mol. The van der Waals surface area contributed by atoms with Crippen LogP contribution in [0.25, 0.3) is 38.6 Å². The van der Waals surface area contributed by atoms with E-state index in [0.717, 1.165) is 27.0 Å². The molecule has 1 aliphatic heterocycles. The number of rotatable bonds is 4. The summed E-state index contributed by atoms with van der Waals surface area (Å²) in [6.45, 7) is 4.76. The smallest absolute Gasteiger partial charge is 0.171 e. The molecule has 1 atom stereocenters. The fraction of sp³-hybridized carbons (Fsp3) is 0.0769. The molecular weight excluding hydrogens is 686 g/mol. The summed E-state index contributed by atoms with van der Waals surface area (Å²) < 4.78 is 17.7. The summed E-state index contributed by atoms with van der Waals surface area (Å²) in [4.78, 5) is 0. The van der Waals surface area contributed by atoms with Crippen LogP contribution in [0.2, 0.25) is 0 Å². The maximum Gasteiger partial charge on any atom is 0.171 e. The lowest BCUT2D eigenvalue weighted by atomic mass is 9.53. The lowest BCUT2D eigenvalue weighted by Gasteiger charge is -2.50. The molecule has 0 saturated carbocycles. The highest BCUT2D eigenvalue weighted by molar-refractivity contribution is 7.85. The molecule has 1 unspecified atom stereocenters. The third-order valence-electron chi connectivity index (χ3n) is 12.6. The number of para-hydroxylation sites is 3. The van der Waals surface area contributed by atoms with Crippen molar-refractivity contribution in [3.63, 3.8) is 0 Å². The number of hydrogen-bond acceptors (Lipinski definition) is 1. The number of aromatic nitrogens is 1. The Balaban J connectivity index is 1.15. The van der Waals surface area contributed by atoms with Crippen molar-refractivity contribution in [2.75, 3.05) is 0 Å². The fourth-order valence-electron chi connectivity index (χ4n) is 10.1. The second kappa shape index (κ2) is 11.6. The molecule has 11 rings (SSSR count). The predicted octanol–water partition coefficient (Wildman–Crippen LogP) is 11.4. The lowest BCUT2D eigenvalue weighted by Crippen LogP contribution is -2.44. The first-order chi connectivity index (χ1) is 26.9. The molecule has 0 N–H and O–H groups in total. The van der Waals surface area contributed by atoms with Crippen molar-refractivity contribution in [1.29, 1.82) is 0 Å². The predicted molar refractivity (Wildman–Crippen MR) is 230 cm³/mol. The van der Waals surface area contributed by atoms with Crippen molar-refractivity contribution in [3.8, 4) is 16.8 Å². The molecule has 1 aromatic heterocycles. The molecule has 8 aromatic carbocycles. The van der Waals surface area contributed by atoms with Gasteiger partial charge >= 0.3 is 0 Å². The maximum atomic E-state index is 15.2. The number of nitrogens with zero attached hydrogens (tertiary/aromatic N) is 1. The van der Waals surface area contributed by atoms with E-state index in [1.807, 2.05) is 60.7 Å². The van der Waals surface area contributed by atoms with Crippen LogP contribution in [0.3, 0.4) is 0 Å². The van der Waals surface area contributed by atoms with Crippen LogP contribution in [-0.2, 0) is 15.4 Å². The van der Waals surface area contributed by atoms with Crippen LogP contribution >= 0.6 is 7.14 Å². The second-order valence-corrected chi connectivity index (χ2v) is 18.3. The molecule has 55 heavy (non-hydrogen) atoms. The molecule has 0 fully saturated rings. The van der Waals surface area contributed by atoms with E-state index in [1.54, 1.807) is 0 Å². The molecule has 0 amide bonds. The maximum absolute atomic E-state index is 15.2. The largest absolute Gasteiger partial charge is 0.309 e. The Morgan fingerprint density at radius 1 is 0.418 bits per heavy atom. The van der Waals surface area contributed by atoms with Gasteiger partial charge in [0.15, 0.2) is 7.14 Å². The summed E-state index contributed by atoms with van der Waals surface area (Å²) in [7, 11) is -3.08. The Kier molecular flexibility index (Phi) is 6.83. The van der Waals surface area contributed by atoms with Crippen molar-refractivity contribution in [2.45, 2.75) is 24.7 Å². The quantitative estimate of drug-likeness (QED) is 0.166. The van der Waals surface area contributed by atoms with E-state index >= 15 is 4.57 Å². The van der Waals surface area contributed by atoms with Gasteiger partial charge in [-0.05, 0) is 62.7 Å². The summed E-state index contributed by atoms with van der Waals surface area (Å²) in [6, 6.07) is 69.4. The van der Waals surface area contributed by atoms with E-state index < -0.39 is 12.6 Å². The number of hydrogen-bond donors (Lipinski definition) is 0. The molecule has 1 spiro atoms. The molecule has 2 heterocycles. The van der Waals surface area contributed by atoms with E-state index in [4.69, 9.17) is 0 Å². The Bertz CT molecular complexity index is 2990. The Hall–Kier alpha value is -6.21. The highest BCUT2D eigenvalue weighted by Crippen LogP contribution is 2.60. The van der Waals surface area contributed by atoms with Crippen LogP contribution in [0.15, 0.2) is 194 Å². The van der Waals surface area contributed by atoms with Gasteiger partial charge in [0.1, 0.15) is 0 Å². The van der Waals surface area contributed by atoms with Gasteiger partial charge in [0.2, 0.25) is 0 Å². The summed E-state index contributed by atoms with van der Waals surface area (Å²) in [5.41, 5.74) is 13.2. The first kappa shape index (κ1) is 32.2. The van der Waals surface area contributed by atoms with Crippen molar-refractivity contribution < 1.29 is 4.57 Å². The molecular formula is C52H38NOP. The van der Waals surface area contributed by atoms with Crippen molar-refractivity contribution in [1.82, 2.24) is 4.57 Å². The summed E-state index contributed by atoms with van der Waals surface area (Å²) >= 11 is 0. The Morgan fingerprint density at radius 3 is 1.67 bits per heavy atom. The highest BCUT2D eigenvalue weighted by atomic mass is 31.2. The van der Waals surface area contributed by atoms with Crippen LogP contribution in [0.4, 0.5) is 0 Å². The zero-order chi connectivity index (χ0) is 36.9. The van der Waals surface area contributed by atoms with Gasteiger partial charge in [-0.3, -0.25) is 0 Å². The molecule has 0 bridgehead atoms. The first-order valence-electron chi connectivity index (χ1n) is 19.1. The van der Waals surface area contributed by atoms with Gasteiger partial charge in [-0.1, -0.05) is 190 Å². The van der Waals surface area contributed by atoms with Crippen molar-refractivity contribution in [2.24, 2.45) is 0 Å². The van der Waals surface area contributed by atoms with Gasteiger partial charge in [-0.15, -0.1) is 0 Å². The molecule has 9 aromatic rings. The van der Waals surface area contributed by atoms with Gasteiger partial charge in [0, 0.05) is 32.1 Å². The van der Waals surface area contributed by atoms with Crippen molar-refractivity contribution >= 4 is 44.9 Å². The Labute approximate surface area is 321 Å². The monoisotopic (exact) mass is 723 g/mol. The van der Waals surface area contributed by atoms with Gasteiger partial charge < -0.3 is 9.13 Å². The summed E-state index contributed by atoms with van der Waals surface area (Å²) in [5.74, 6) is 0. The minimum Gasteiger partial charge on any atom is -0.309 e. The zero-order valence-corrected chi connectivity index (χ0v) is 31.7. The van der Waals surface area contributed by atoms with Crippen molar-refractivity contribution in [3.05, 3.63) is 228 Å².